The number of benzene rings is 1. The fourth-order valence-corrected chi connectivity index (χ4v) is 10.3. The second kappa shape index (κ2) is 10.6. The Labute approximate surface area is 242 Å². The molecule has 1 aliphatic heterocycles. The highest BCUT2D eigenvalue weighted by Crippen LogP contribution is 2.68. The van der Waals surface area contributed by atoms with Crippen LogP contribution in [0.3, 0.4) is 0 Å². The van der Waals surface area contributed by atoms with Gasteiger partial charge in [0.2, 0.25) is 0 Å². The molecule has 8 atom stereocenters. The molecule has 4 fully saturated rings. The molecular weight excluding hydrogens is 492 g/mol. The minimum atomic E-state index is -0.328. The molecule has 1 aromatic rings. The quantitative estimate of drug-likeness (QED) is 0.368. The van der Waals surface area contributed by atoms with Gasteiger partial charge in [-0.1, -0.05) is 43.7 Å². The van der Waals surface area contributed by atoms with Gasteiger partial charge in [0.25, 0.3) is 0 Å². The molecule has 0 radical (unpaired) electrons. The van der Waals surface area contributed by atoms with E-state index < -0.39 is 0 Å². The van der Waals surface area contributed by atoms with E-state index in [1.807, 2.05) is 6.21 Å². The lowest BCUT2D eigenvalue weighted by molar-refractivity contribution is -0.140. The normalized spacial score (nSPS) is 40.6. The molecule has 6 rings (SSSR count). The van der Waals surface area contributed by atoms with Crippen LogP contribution in [0.25, 0.3) is 0 Å². The molecule has 4 heteroatoms. The van der Waals surface area contributed by atoms with Crippen LogP contribution in [0.4, 0.5) is 5.69 Å². The van der Waals surface area contributed by atoms with Crippen LogP contribution in [0.2, 0.25) is 0 Å². The number of carbonyl (C=O) groups is 1. The molecule has 4 saturated carbocycles. The fraction of sp³-hybridized carbons (Fsp3) is 0.667. The van der Waals surface area contributed by atoms with Crippen LogP contribution in [0.1, 0.15) is 84.1 Å². The molecular formula is C36H50N2O2. The van der Waals surface area contributed by atoms with Crippen molar-refractivity contribution in [2.45, 2.75) is 90.7 Å². The number of ether oxygens (including phenoxy) is 1. The number of allylic oxidation sites excluding steroid dienone is 3. The molecule has 0 bridgehead atoms. The summed E-state index contributed by atoms with van der Waals surface area (Å²) in [6.07, 6.45) is 19.3. The average molecular weight is 543 g/mol. The maximum Gasteiger partial charge on any atom is 0.133 e. The lowest BCUT2D eigenvalue weighted by atomic mass is 9.44. The van der Waals surface area contributed by atoms with Crippen LogP contribution >= 0.6 is 0 Å². The lowest BCUT2D eigenvalue weighted by Gasteiger charge is -2.61. The van der Waals surface area contributed by atoms with Gasteiger partial charge in [0.15, 0.2) is 0 Å². The molecule has 4 nitrogen and oxygen atoms in total. The topological polar surface area (TPSA) is 41.9 Å². The standard InChI is InChI=1S/C36H50N2O2/c1-25-7-6-20-37-36(22-25,24-40-23-26-8-11-28(12-9-26)38(4)5)33-15-14-31-30-13-10-27-21-29(39)16-18-34(27,2)32(30)17-19-35(31,33)3/h6-9,11-12,20,22,27,30-33H,10,13-19,21,23-24H2,1-5H3/t27?,30-,31-,32-,33?,34-,35-,36?/m0/s1. The summed E-state index contributed by atoms with van der Waals surface area (Å²) in [5, 5.41) is 0. The molecule has 5 aliphatic rings. The summed E-state index contributed by atoms with van der Waals surface area (Å²) >= 11 is 0. The molecule has 1 heterocycles. The highest BCUT2D eigenvalue weighted by Gasteiger charge is 2.63. The van der Waals surface area contributed by atoms with Crippen molar-refractivity contribution < 1.29 is 9.53 Å². The maximum absolute atomic E-state index is 12.3. The van der Waals surface area contributed by atoms with E-state index in [2.05, 4.69) is 82.3 Å². The minimum absolute atomic E-state index is 0.268. The van der Waals surface area contributed by atoms with Crippen molar-refractivity contribution in [3.05, 3.63) is 53.6 Å². The highest BCUT2D eigenvalue weighted by molar-refractivity contribution is 5.79. The summed E-state index contributed by atoms with van der Waals surface area (Å²) in [4.78, 5) is 19.8. The van der Waals surface area contributed by atoms with Crippen LogP contribution < -0.4 is 4.90 Å². The summed E-state index contributed by atoms with van der Waals surface area (Å²) in [6, 6.07) is 8.71. The molecule has 40 heavy (non-hydrogen) atoms. The molecule has 0 saturated heterocycles. The van der Waals surface area contributed by atoms with Crippen molar-refractivity contribution in [3.63, 3.8) is 0 Å². The van der Waals surface area contributed by atoms with Crippen LogP contribution in [-0.2, 0) is 16.1 Å². The number of Topliss-reactive ketones (excluding diaryl/α,β-unsaturated/α-hetero) is 1. The maximum atomic E-state index is 12.3. The summed E-state index contributed by atoms with van der Waals surface area (Å²) in [6.45, 7) is 8.63. The Kier molecular flexibility index (Phi) is 7.38. The van der Waals surface area contributed by atoms with E-state index in [9.17, 15) is 4.79 Å². The van der Waals surface area contributed by atoms with E-state index in [0.29, 0.717) is 36.2 Å². The van der Waals surface area contributed by atoms with E-state index in [4.69, 9.17) is 9.73 Å². The number of hydrogen-bond donors (Lipinski definition) is 0. The van der Waals surface area contributed by atoms with E-state index >= 15 is 0 Å². The second-order valence-electron chi connectivity index (χ2n) is 14.6. The molecule has 3 unspecified atom stereocenters. The lowest BCUT2D eigenvalue weighted by Crippen LogP contribution is -2.55. The SMILES string of the molecule is CC1=CC(COCc2ccc(N(C)C)cc2)(C2CC[C@H]3[C@@H]4CCC5CC(=O)CC[C@]5(C)[C@H]4CC[C@]23C)N=CC=C1. The molecule has 1 aromatic carbocycles. The van der Waals surface area contributed by atoms with Gasteiger partial charge in [-0.3, -0.25) is 9.79 Å². The summed E-state index contributed by atoms with van der Waals surface area (Å²) in [7, 11) is 4.15. The third-order valence-corrected chi connectivity index (χ3v) is 12.4. The number of hydrogen-bond acceptors (Lipinski definition) is 4. The predicted octanol–water partition coefficient (Wildman–Crippen LogP) is 7.82. The first-order valence-electron chi connectivity index (χ1n) is 15.9. The summed E-state index contributed by atoms with van der Waals surface area (Å²) in [5.41, 5.74) is 4.01. The van der Waals surface area contributed by atoms with E-state index in [1.165, 1.54) is 55.3 Å². The number of carbonyl (C=O) groups excluding carboxylic acids is 1. The smallest absolute Gasteiger partial charge is 0.133 e. The Hall–Kier alpha value is -2.20. The fourth-order valence-electron chi connectivity index (χ4n) is 10.3. The van der Waals surface area contributed by atoms with Crippen LogP contribution in [0, 0.1) is 40.4 Å². The third-order valence-electron chi connectivity index (χ3n) is 12.4. The number of nitrogens with zero attached hydrogens (tertiary/aromatic N) is 2. The second-order valence-corrected chi connectivity index (χ2v) is 14.6. The van der Waals surface area contributed by atoms with E-state index in [1.54, 1.807) is 0 Å². The Morgan fingerprint density at radius 2 is 1.75 bits per heavy atom. The highest BCUT2D eigenvalue weighted by atomic mass is 16.5. The molecule has 0 spiro atoms. The first-order chi connectivity index (χ1) is 19.1. The number of anilines is 1. The number of fused-ring (bicyclic) bond motifs is 5. The average Bonchev–Trinajstić information content (AvgIpc) is 3.18. The zero-order valence-corrected chi connectivity index (χ0v) is 25.5. The van der Waals surface area contributed by atoms with Crippen molar-refractivity contribution in [2.75, 3.05) is 25.6 Å². The van der Waals surface area contributed by atoms with Crippen molar-refractivity contribution in [1.29, 1.82) is 0 Å². The van der Waals surface area contributed by atoms with E-state index in [-0.39, 0.29) is 11.0 Å². The van der Waals surface area contributed by atoms with Gasteiger partial charge in [0.1, 0.15) is 11.3 Å². The predicted molar refractivity (Wildman–Crippen MR) is 165 cm³/mol. The van der Waals surface area contributed by atoms with Gasteiger partial charge in [0, 0.05) is 38.8 Å². The van der Waals surface area contributed by atoms with Gasteiger partial charge in [-0.25, -0.2) is 0 Å². The zero-order chi connectivity index (χ0) is 28.1. The van der Waals surface area contributed by atoms with Gasteiger partial charge in [-0.2, -0.15) is 0 Å². The minimum Gasteiger partial charge on any atom is -0.378 e. The van der Waals surface area contributed by atoms with Crippen LogP contribution in [0.15, 0.2) is 53.1 Å². The van der Waals surface area contributed by atoms with Crippen molar-refractivity contribution in [3.8, 4) is 0 Å². The Morgan fingerprint density at radius 3 is 2.52 bits per heavy atom. The van der Waals surface area contributed by atoms with Crippen LogP contribution in [0.5, 0.6) is 0 Å². The van der Waals surface area contributed by atoms with E-state index in [0.717, 1.165) is 37.0 Å². The molecule has 216 valence electrons. The van der Waals surface area contributed by atoms with Crippen molar-refractivity contribution in [1.82, 2.24) is 0 Å². The van der Waals surface area contributed by atoms with Gasteiger partial charge >= 0.3 is 0 Å². The Morgan fingerprint density at radius 1 is 0.975 bits per heavy atom. The van der Waals surface area contributed by atoms with Gasteiger partial charge < -0.3 is 9.64 Å². The van der Waals surface area contributed by atoms with Crippen molar-refractivity contribution in [2.24, 2.45) is 45.4 Å². The van der Waals surface area contributed by atoms with Crippen LogP contribution in [-0.4, -0.2) is 38.2 Å². The third kappa shape index (κ3) is 4.72. The van der Waals surface area contributed by atoms with Gasteiger partial charge in [-0.05, 0) is 116 Å². The van der Waals surface area contributed by atoms with Gasteiger partial charge in [0.05, 0.1) is 13.2 Å². The first-order valence-corrected chi connectivity index (χ1v) is 15.9. The Bertz CT molecular complexity index is 1200. The number of ketones is 1. The molecule has 0 amide bonds. The number of rotatable bonds is 6. The number of aliphatic imine (C=N–C) groups is 1. The summed E-state index contributed by atoms with van der Waals surface area (Å²) in [5.74, 6) is 3.94. The molecule has 0 aromatic heterocycles. The zero-order valence-electron chi connectivity index (χ0n) is 25.5. The monoisotopic (exact) mass is 542 g/mol. The largest absolute Gasteiger partial charge is 0.378 e. The first kappa shape index (κ1) is 27.9. The Balaban J connectivity index is 1.24. The summed E-state index contributed by atoms with van der Waals surface area (Å²) < 4.78 is 6.58. The molecule has 4 aliphatic carbocycles. The van der Waals surface area contributed by atoms with Crippen molar-refractivity contribution >= 4 is 17.7 Å². The molecule has 0 N–H and O–H groups in total. The van der Waals surface area contributed by atoms with Gasteiger partial charge in [-0.15, -0.1) is 0 Å².